The molecule has 474 valence electrons. The first kappa shape index (κ1) is 69.6. The fourth-order valence-electron chi connectivity index (χ4n) is 11.5. The van der Waals surface area contributed by atoms with Gasteiger partial charge in [-0.3, -0.25) is 47.9 Å². The van der Waals surface area contributed by atoms with E-state index in [9.17, 15) is 57.8 Å². The first-order valence-electron chi connectivity index (χ1n) is 29.9. The summed E-state index contributed by atoms with van der Waals surface area (Å²) in [5.74, 6) is -11.3. The van der Waals surface area contributed by atoms with E-state index in [1.54, 1.807) is 31.2 Å². The van der Waals surface area contributed by atoms with Gasteiger partial charge in [-0.25, -0.2) is 4.79 Å². The number of piperidine rings is 1. The lowest BCUT2D eigenvalue weighted by Gasteiger charge is -2.42. The fourth-order valence-corrected chi connectivity index (χ4v) is 12.3. The van der Waals surface area contributed by atoms with Gasteiger partial charge in [-0.2, -0.15) is 11.8 Å². The Kier molecular flexibility index (Phi) is 27.6. The minimum Gasteiger partial charge on any atom is -0.469 e. The maximum atomic E-state index is 14.5. The van der Waals surface area contributed by atoms with Crippen LogP contribution in [0.2, 0.25) is 0 Å². The second-order valence-electron chi connectivity index (χ2n) is 23.6. The van der Waals surface area contributed by atoms with Crippen molar-refractivity contribution in [1.29, 1.82) is 0 Å². The number of aliphatic hydroxyl groups is 1. The van der Waals surface area contributed by atoms with Gasteiger partial charge in [0.15, 0.2) is 0 Å². The van der Waals surface area contributed by atoms with Crippen molar-refractivity contribution in [1.82, 2.24) is 36.0 Å². The number of ether oxygens (including phenoxy) is 5. The number of ketones is 1. The quantitative estimate of drug-likeness (QED) is 0.114. The number of nitrogens with one attached hydrogen (secondary N) is 4. The molecule has 1 aromatic rings. The van der Waals surface area contributed by atoms with Gasteiger partial charge in [-0.1, -0.05) is 58.0 Å². The molecule has 1 aliphatic carbocycles. The average Bonchev–Trinajstić information content (AvgIpc) is 1.88. The number of methoxy groups -OCH3 is 2. The highest BCUT2D eigenvalue weighted by molar-refractivity contribution is 7.99. The number of benzene rings is 1. The molecule has 3 saturated heterocycles. The first-order chi connectivity index (χ1) is 40.3. The average molecular weight is 1210 g/mol. The lowest BCUT2D eigenvalue weighted by molar-refractivity contribution is -0.262. The van der Waals surface area contributed by atoms with Gasteiger partial charge in [0, 0.05) is 53.2 Å². The van der Waals surface area contributed by atoms with E-state index in [0.717, 1.165) is 10.5 Å². The molecule has 0 spiro atoms. The zero-order chi connectivity index (χ0) is 62.5. The molecular weight excluding hydrogens is 1120 g/mol. The third kappa shape index (κ3) is 20.8. The van der Waals surface area contributed by atoms with Crippen LogP contribution in [0.3, 0.4) is 0 Å². The van der Waals surface area contributed by atoms with Gasteiger partial charge < -0.3 is 64.8 Å². The highest BCUT2D eigenvalue weighted by Crippen LogP contribution is 2.37. The Bertz CT molecular complexity index is 2490. The number of nitrogens with zero attached hydrogens (tertiary/aromatic N) is 3. The van der Waals surface area contributed by atoms with Gasteiger partial charge in [-0.15, -0.1) is 0 Å². The normalized spacial score (nSPS) is 29.8. The summed E-state index contributed by atoms with van der Waals surface area (Å²) < 4.78 is 28.4. The number of hydrogen-bond acceptors (Lipinski definition) is 18. The van der Waals surface area contributed by atoms with Crippen molar-refractivity contribution in [3.8, 4) is 0 Å². The van der Waals surface area contributed by atoms with Gasteiger partial charge in [-0.05, 0) is 107 Å². The second-order valence-corrected chi connectivity index (χ2v) is 24.7. The van der Waals surface area contributed by atoms with Crippen LogP contribution >= 0.6 is 11.8 Å². The second kappa shape index (κ2) is 33.7. The zero-order valence-corrected chi connectivity index (χ0v) is 51.7. The number of likely N-dealkylation sites (N-methyl/N-ethyl adjacent to an activating group) is 2. The summed E-state index contributed by atoms with van der Waals surface area (Å²) in [6.45, 7) is 8.16. The Balaban J connectivity index is 1.38. The molecule has 4 fully saturated rings. The Morgan fingerprint density at radius 1 is 0.800 bits per heavy atom. The summed E-state index contributed by atoms with van der Waals surface area (Å²) in [5.41, 5.74) is 0.722. The smallest absolute Gasteiger partial charge is 0.329 e. The van der Waals surface area contributed by atoms with Crippen molar-refractivity contribution in [2.75, 3.05) is 66.0 Å². The monoisotopic (exact) mass is 1210 g/mol. The third-order valence-corrected chi connectivity index (χ3v) is 17.5. The van der Waals surface area contributed by atoms with Crippen LogP contribution in [0, 0.1) is 23.7 Å². The lowest BCUT2D eigenvalue weighted by atomic mass is 9.78. The maximum absolute atomic E-state index is 14.5. The molecule has 5 rings (SSSR count). The number of thioether (sulfide) groups is 1. The molecular formula is C60H91N7O17S. The highest BCUT2D eigenvalue weighted by atomic mass is 32.2. The fraction of sp³-hybridized carbons (Fsp3) is 0.717. The molecule has 5 N–H and O–H groups in total. The minimum absolute atomic E-state index is 0.00450. The molecule has 0 radical (unpaired) electrons. The van der Waals surface area contributed by atoms with E-state index >= 15 is 0 Å². The van der Waals surface area contributed by atoms with E-state index in [4.69, 9.17) is 18.9 Å². The van der Waals surface area contributed by atoms with Crippen LogP contribution in [-0.4, -0.2) is 205 Å². The van der Waals surface area contributed by atoms with Crippen LogP contribution in [0.4, 0.5) is 0 Å². The Morgan fingerprint density at radius 2 is 1.49 bits per heavy atom. The summed E-state index contributed by atoms with van der Waals surface area (Å²) in [6.07, 6.45) is 0.902. The predicted octanol–water partition coefficient (Wildman–Crippen LogP) is 2.38. The van der Waals surface area contributed by atoms with Crippen molar-refractivity contribution in [2.24, 2.45) is 23.7 Å². The topological polar surface area (TPSA) is 312 Å². The number of cyclic esters (lactones) is 1. The number of rotatable bonds is 12. The Morgan fingerprint density at radius 3 is 2.18 bits per heavy atom. The van der Waals surface area contributed by atoms with Gasteiger partial charge in [0.1, 0.15) is 36.4 Å². The molecule has 2 bridgehead atoms. The lowest BCUT2D eigenvalue weighted by Crippen LogP contribution is -2.60. The van der Waals surface area contributed by atoms with Crippen molar-refractivity contribution in [3.63, 3.8) is 0 Å². The number of fused-ring (bicyclic) bond motifs is 3. The summed E-state index contributed by atoms with van der Waals surface area (Å²) in [7, 11) is 5.62. The largest absolute Gasteiger partial charge is 0.469 e. The third-order valence-electron chi connectivity index (χ3n) is 16.5. The number of esters is 3. The van der Waals surface area contributed by atoms with E-state index in [-0.39, 0.29) is 75.7 Å². The van der Waals surface area contributed by atoms with Crippen LogP contribution in [0.1, 0.15) is 130 Å². The van der Waals surface area contributed by atoms with Crippen molar-refractivity contribution in [2.45, 2.75) is 185 Å². The van der Waals surface area contributed by atoms with Crippen LogP contribution in [-0.2, 0) is 82.8 Å². The van der Waals surface area contributed by atoms with E-state index in [2.05, 4.69) is 26.0 Å². The maximum Gasteiger partial charge on any atom is 0.329 e. The van der Waals surface area contributed by atoms with Crippen molar-refractivity contribution >= 4 is 76.8 Å². The molecule has 0 aromatic heterocycles. The molecule has 1 saturated carbocycles. The number of amides is 7. The SMILES string of the molecule is COC(=O)CCC(=O)O[C@@H]1CC[C@@H](C[C@@H](C)[C@@H]2CC(=O)NCCNC(=O)CN(C)C(=O)[C@H](Cc3ccccc3)NC(=O)[C@H](CC(C)C)N(C)C(=O)[C@H](C)NC(=O)CSCC[C@@H]3CC[C@@H](C)[C@@](O)(O3)C(=O)C(=O)N3CCCC[C@H]3C(=O)O2)C[C@H]1OC. The standard InChI is InChI=1S/C60H91N7O17S/c1-36(2)29-45-55(74)64-43(31-40-15-11-10-12-16-40)57(76)65(6)34-50(69)62-26-25-61-49(68)33-47(37(3)30-41-19-21-46(48(32-41)80-8)82-53(72)23-22-52(71)81-9)83-59(78)44-17-13-14-27-67(44)58(77)54(73)60(79)38(4)18-20-42(84-60)24-28-85-35-51(70)63-39(5)56(75)66(45)7/h10-12,15-16,36-39,41-48,79H,13-14,17-35H2,1-9H3,(H,61,68)(H,62,69)(H,63,70)(H,64,74)/t37-,38-,39+,41+,42+,43+,44+,45+,46-,47+,48-,60-/m1/s1. The van der Waals surface area contributed by atoms with Gasteiger partial charge in [0.05, 0.1) is 50.9 Å². The first-order valence-corrected chi connectivity index (χ1v) is 31.0. The molecule has 7 amide bonds. The number of hydrogen-bond donors (Lipinski definition) is 5. The summed E-state index contributed by atoms with van der Waals surface area (Å²) >= 11 is 1.23. The molecule has 1 aromatic carbocycles. The molecule has 3 aliphatic heterocycles. The van der Waals surface area contributed by atoms with Gasteiger partial charge in [0.2, 0.25) is 41.2 Å². The van der Waals surface area contributed by atoms with Gasteiger partial charge in [0.25, 0.3) is 11.7 Å². The molecule has 0 unspecified atom stereocenters. The number of carbonyl (C=O) groups is 11. The van der Waals surface area contributed by atoms with Crippen LogP contribution < -0.4 is 21.3 Å². The molecule has 12 atom stereocenters. The summed E-state index contributed by atoms with van der Waals surface area (Å²) in [5, 5.41) is 23.0. The predicted molar refractivity (Wildman–Crippen MR) is 311 cm³/mol. The molecule has 4 aliphatic rings. The van der Waals surface area contributed by atoms with Crippen LogP contribution in [0.25, 0.3) is 0 Å². The molecule has 85 heavy (non-hydrogen) atoms. The zero-order valence-electron chi connectivity index (χ0n) is 50.9. The number of Topliss-reactive ketones (excluding diaryl/α,β-unsaturated/α-hetero) is 1. The van der Waals surface area contributed by atoms with Crippen LogP contribution in [0.15, 0.2) is 30.3 Å². The van der Waals surface area contributed by atoms with E-state index in [0.29, 0.717) is 63.5 Å². The van der Waals surface area contributed by atoms with E-state index in [1.165, 1.54) is 56.8 Å². The molecule has 25 heteroatoms. The Hall–Kier alpha value is -6.18. The minimum atomic E-state index is -2.53. The van der Waals surface area contributed by atoms with E-state index < -0.39 is 138 Å². The van der Waals surface area contributed by atoms with E-state index in [1.807, 2.05) is 26.8 Å². The highest BCUT2D eigenvalue weighted by Gasteiger charge is 2.53. The van der Waals surface area contributed by atoms with Gasteiger partial charge >= 0.3 is 17.9 Å². The Labute approximate surface area is 503 Å². The molecule has 3 heterocycles. The number of carbonyl (C=O) groups excluding carboxylic acids is 11. The molecule has 24 nitrogen and oxygen atoms in total. The van der Waals surface area contributed by atoms with Crippen molar-refractivity contribution < 1.29 is 81.5 Å². The summed E-state index contributed by atoms with van der Waals surface area (Å²) in [4.78, 5) is 154. The summed E-state index contributed by atoms with van der Waals surface area (Å²) in [6, 6.07) is 4.48. The van der Waals surface area contributed by atoms with Crippen LogP contribution in [0.5, 0.6) is 0 Å². The van der Waals surface area contributed by atoms with Crippen molar-refractivity contribution in [3.05, 3.63) is 35.9 Å².